The number of carbonyl (C=O) groups is 1. The zero-order chi connectivity index (χ0) is 20.9. The molecular weight excluding hydrogens is 380 g/mol. The maximum atomic E-state index is 14.8. The molecule has 150 valence electrons. The molecular formula is C18H18F4N4O2. The minimum absolute atomic E-state index is 0.0230. The van der Waals surface area contributed by atoms with E-state index in [9.17, 15) is 22.4 Å². The number of aliphatic imine (C=N–C) groups is 1. The van der Waals surface area contributed by atoms with E-state index in [1.54, 1.807) is 6.92 Å². The largest absolute Gasteiger partial charge is 0.436 e. The number of alkyl halides is 3. The number of oxazole rings is 1. The lowest BCUT2D eigenvalue weighted by Crippen LogP contribution is -2.56. The first kappa shape index (κ1) is 19.8. The van der Waals surface area contributed by atoms with Gasteiger partial charge in [0.2, 0.25) is 5.76 Å². The van der Waals surface area contributed by atoms with Crippen molar-refractivity contribution in [2.45, 2.75) is 44.3 Å². The number of hydrogen-bond acceptors (Lipinski definition) is 5. The van der Waals surface area contributed by atoms with Crippen LogP contribution in [0.1, 0.15) is 42.3 Å². The second-order valence-corrected chi connectivity index (χ2v) is 7.04. The minimum Gasteiger partial charge on any atom is -0.436 e. The van der Waals surface area contributed by atoms with Crippen LogP contribution < -0.4 is 11.1 Å². The first-order valence-electron chi connectivity index (χ1n) is 8.32. The van der Waals surface area contributed by atoms with E-state index in [1.165, 1.54) is 12.3 Å². The number of amidine groups is 1. The summed E-state index contributed by atoms with van der Waals surface area (Å²) in [6.45, 7) is 3.41. The molecule has 0 radical (unpaired) electrons. The summed E-state index contributed by atoms with van der Waals surface area (Å²) in [5.41, 5.74) is 0.0549. The molecule has 28 heavy (non-hydrogen) atoms. The Morgan fingerprint density at radius 2 is 1.96 bits per heavy atom. The highest BCUT2D eigenvalue weighted by molar-refractivity contribution is 6.02. The molecule has 0 saturated carbocycles. The predicted octanol–water partition coefficient (Wildman–Crippen LogP) is 3.71. The van der Waals surface area contributed by atoms with E-state index in [4.69, 9.17) is 10.2 Å². The lowest BCUT2D eigenvalue weighted by atomic mass is 9.77. The number of carbonyl (C=O) groups excluding carboxylic acids is 1. The van der Waals surface area contributed by atoms with Crippen molar-refractivity contribution in [3.05, 3.63) is 47.4 Å². The Morgan fingerprint density at radius 3 is 2.57 bits per heavy atom. The van der Waals surface area contributed by atoms with Gasteiger partial charge in [-0.05, 0) is 32.0 Å². The average molecular weight is 398 g/mol. The molecule has 1 amide bonds. The quantitative estimate of drug-likeness (QED) is 0.771. The van der Waals surface area contributed by atoms with Gasteiger partial charge >= 0.3 is 0 Å². The molecule has 0 unspecified atom stereocenters. The number of nitrogens with zero attached hydrogens (tertiary/aromatic N) is 2. The molecule has 1 aromatic heterocycles. The molecule has 10 heteroatoms. The summed E-state index contributed by atoms with van der Waals surface area (Å²) in [5.74, 6) is -5.91. The maximum Gasteiger partial charge on any atom is 0.293 e. The van der Waals surface area contributed by atoms with Crippen LogP contribution >= 0.6 is 0 Å². The Bertz CT molecular complexity index is 970. The molecule has 2 atom stereocenters. The van der Waals surface area contributed by atoms with Crippen LogP contribution in [-0.2, 0) is 5.54 Å². The predicted molar refractivity (Wildman–Crippen MR) is 93.6 cm³/mol. The van der Waals surface area contributed by atoms with Crippen molar-refractivity contribution in [2.24, 2.45) is 10.7 Å². The van der Waals surface area contributed by atoms with Gasteiger partial charge in [0, 0.05) is 18.2 Å². The zero-order valence-corrected chi connectivity index (χ0v) is 15.3. The summed E-state index contributed by atoms with van der Waals surface area (Å²) >= 11 is 0. The number of rotatable bonds is 3. The van der Waals surface area contributed by atoms with E-state index in [1.807, 2.05) is 0 Å². The Kier molecular flexibility index (Phi) is 4.48. The van der Waals surface area contributed by atoms with Gasteiger partial charge in [-0.1, -0.05) is 0 Å². The number of benzene rings is 1. The van der Waals surface area contributed by atoms with Gasteiger partial charge in [-0.15, -0.1) is 0 Å². The van der Waals surface area contributed by atoms with Crippen molar-refractivity contribution in [3.8, 4) is 0 Å². The van der Waals surface area contributed by atoms with Crippen LogP contribution in [0, 0.1) is 12.7 Å². The van der Waals surface area contributed by atoms with Gasteiger partial charge < -0.3 is 15.5 Å². The summed E-state index contributed by atoms with van der Waals surface area (Å²) in [4.78, 5) is 19.6. The van der Waals surface area contributed by atoms with Crippen LogP contribution in [-0.4, -0.2) is 28.3 Å². The number of halogens is 4. The molecule has 0 fully saturated rings. The van der Waals surface area contributed by atoms with E-state index in [0.29, 0.717) is 0 Å². The first-order valence-corrected chi connectivity index (χ1v) is 8.32. The lowest BCUT2D eigenvalue weighted by Gasteiger charge is -2.42. The first-order chi connectivity index (χ1) is 12.9. The average Bonchev–Trinajstić information content (AvgIpc) is 3.01. The van der Waals surface area contributed by atoms with Crippen molar-refractivity contribution >= 4 is 17.4 Å². The van der Waals surface area contributed by atoms with Gasteiger partial charge in [-0.3, -0.25) is 9.79 Å². The molecule has 2 aromatic rings. The molecule has 3 rings (SSSR count). The van der Waals surface area contributed by atoms with Crippen molar-refractivity contribution in [1.82, 2.24) is 4.98 Å². The van der Waals surface area contributed by atoms with Gasteiger partial charge in [0.05, 0.1) is 12.6 Å². The van der Waals surface area contributed by atoms with Crippen molar-refractivity contribution < 1.29 is 26.8 Å². The second kappa shape index (κ2) is 6.32. The van der Waals surface area contributed by atoms with Crippen LogP contribution in [0.5, 0.6) is 0 Å². The smallest absolute Gasteiger partial charge is 0.293 e. The van der Waals surface area contributed by atoms with Gasteiger partial charge in [0.25, 0.3) is 11.8 Å². The highest BCUT2D eigenvalue weighted by Gasteiger charge is 2.60. The van der Waals surface area contributed by atoms with Crippen molar-refractivity contribution in [1.29, 1.82) is 0 Å². The normalized spacial score (nSPS) is 26.6. The fourth-order valence-electron chi connectivity index (χ4n) is 3.01. The topological polar surface area (TPSA) is 93.5 Å². The fraction of sp³-hybridized carbons (Fsp3) is 0.389. The lowest BCUT2D eigenvalue weighted by molar-refractivity contribution is -0.106. The Balaban J connectivity index is 2.01. The summed E-state index contributed by atoms with van der Waals surface area (Å²) in [7, 11) is 0. The van der Waals surface area contributed by atoms with Crippen molar-refractivity contribution in [3.63, 3.8) is 0 Å². The van der Waals surface area contributed by atoms with E-state index < -0.39 is 46.7 Å². The maximum absolute atomic E-state index is 14.8. The number of amides is 1. The number of nitrogens with one attached hydrogen (secondary N) is 1. The second-order valence-electron chi connectivity index (χ2n) is 7.04. The van der Waals surface area contributed by atoms with E-state index >= 15 is 0 Å². The molecule has 1 aliphatic rings. The Labute approximate surface area is 157 Å². The fourth-order valence-corrected chi connectivity index (χ4v) is 3.01. The molecule has 0 spiro atoms. The Morgan fingerprint density at radius 1 is 1.29 bits per heavy atom. The van der Waals surface area contributed by atoms with Gasteiger partial charge in [-0.2, -0.15) is 0 Å². The van der Waals surface area contributed by atoms with Gasteiger partial charge in [0.15, 0.2) is 17.1 Å². The summed E-state index contributed by atoms with van der Waals surface area (Å²) in [6, 6.07) is 3.12. The van der Waals surface area contributed by atoms with Crippen LogP contribution in [0.25, 0.3) is 0 Å². The van der Waals surface area contributed by atoms with Crippen LogP contribution in [0.4, 0.5) is 23.2 Å². The van der Waals surface area contributed by atoms with Gasteiger partial charge in [0.1, 0.15) is 11.7 Å². The van der Waals surface area contributed by atoms with Crippen LogP contribution in [0.2, 0.25) is 0 Å². The van der Waals surface area contributed by atoms with Gasteiger partial charge in [-0.25, -0.2) is 22.5 Å². The molecule has 6 nitrogen and oxygen atoms in total. The van der Waals surface area contributed by atoms with Crippen LogP contribution in [0.15, 0.2) is 33.8 Å². The Hall–Kier alpha value is -2.91. The van der Waals surface area contributed by atoms with Crippen LogP contribution in [0.3, 0.4) is 0 Å². The third-order valence-electron chi connectivity index (χ3n) is 4.74. The SMILES string of the molecule is Cc1ncc(C(=O)Nc2ccc(F)c([C@@]3(C)N=C(N)[C@](C)(F)CC3(F)F)c2)o1. The monoisotopic (exact) mass is 398 g/mol. The molecule has 0 bridgehead atoms. The third-order valence-corrected chi connectivity index (χ3v) is 4.74. The zero-order valence-electron chi connectivity index (χ0n) is 15.3. The van der Waals surface area contributed by atoms with E-state index in [-0.39, 0.29) is 17.3 Å². The standard InChI is InChI=1S/C18H18F4N4O2/c1-9-24-7-13(28-9)14(27)25-10-4-5-12(19)11(6-10)17(3)18(21,22)8-16(2,20)15(23)26-17/h4-7H,8H2,1-3H3,(H2,23,26)(H,25,27)/t16-,17-/m1/s1. The number of anilines is 1. The molecule has 0 aliphatic carbocycles. The summed E-state index contributed by atoms with van der Waals surface area (Å²) in [6.07, 6.45) is -0.0576. The number of nitrogens with two attached hydrogens (primary N) is 1. The van der Waals surface area contributed by atoms with E-state index in [2.05, 4.69) is 15.3 Å². The number of aryl methyl sites for hydroxylation is 1. The molecule has 0 saturated heterocycles. The molecule has 3 N–H and O–H groups in total. The summed E-state index contributed by atoms with van der Waals surface area (Å²) < 4.78 is 63.3. The highest BCUT2D eigenvalue weighted by atomic mass is 19.3. The molecule has 1 aromatic carbocycles. The summed E-state index contributed by atoms with van der Waals surface area (Å²) in [5, 5.41) is 2.41. The number of aromatic nitrogens is 1. The highest BCUT2D eigenvalue weighted by Crippen LogP contribution is 2.50. The molecule has 2 heterocycles. The number of hydrogen-bond donors (Lipinski definition) is 2. The van der Waals surface area contributed by atoms with Crippen molar-refractivity contribution in [2.75, 3.05) is 5.32 Å². The third kappa shape index (κ3) is 3.23. The van der Waals surface area contributed by atoms with E-state index in [0.717, 1.165) is 26.0 Å². The minimum atomic E-state index is -3.73. The molecule has 1 aliphatic heterocycles.